The van der Waals surface area contributed by atoms with Gasteiger partial charge in [-0.05, 0) is 0 Å². The van der Waals surface area contributed by atoms with Gasteiger partial charge >= 0.3 is 45.7 Å². The summed E-state index contributed by atoms with van der Waals surface area (Å²) in [5, 5.41) is 0. The van der Waals surface area contributed by atoms with E-state index in [4.69, 9.17) is 5.73 Å². The number of nitrogens with two attached hydrogens (primary N) is 1. The molecule has 0 fully saturated rings. The van der Waals surface area contributed by atoms with E-state index in [-0.39, 0.29) is 0 Å². The van der Waals surface area contributed by atoms with Crippen LogP contribution in [0.15, 0.2) is 0 Å². The van der Waals surface area contributed by atoms with Crippen LogP contribution in [0.4, 0.5) is 0 Å². The Kier molecular flexibility index (Phi) is 2.78. The Morgan fingerprint density at radius 2 is 1.71 bits per heavy atom. The van der Waals surface area contributed by atoms with Crippen LogP contribution in [0.1, 0.15) is 0 Å². The molecule has 0 aliphatic rings. The van der Waals surface area contributed by atoms with Gasteiger partial charge in [-0.25, -0.2) is 0 Å². The third-order valence-electron chi connectivity index (χ3n) is 0.894. The Balaban J connectivity index is 3.15. The van der Waals surface area contributed by atoms with E-state index in [0.29, 0.717) is 0 Å². The van der Waals surface area contributed by atoms with Crippen molar-refractivity contribution < 1.29 is 0 Å². The average molecular weight is 121 g/mol. The van der Waals surface area contributed by atoms with E-state index in [1.165, 1.54) is 6.16 Å². The summed E-state index contributed by atoms with van der Waals surface area (Å²) >= 11 is 0. The molecule has 0 aliphatic carbocycles. The molecule has 0 aromatic rings. The van der Waals surface area contributed by atoms with Crippen LogP contribution in [0, 0.1) is 0 Å². The maximum absolute atomic E-state index is 5.35. The fourth-order valence-electron chi connectivity index (χ4n) is 0.433. The van der Waals surface area contributed by atoms with E-state index in [9.17, 15) is 0 Å². The molecule has 0 spiro atoms. The third-order valence-corrected chi connectivity index (χ3v) is 2.68. The Hall–Kier alpha value is 0.390. The number of hydrogen-bond donors (Lipinski definition) is 1. The van der Waals surface area contributed by atoms with Crippen LogP contribution in [0.25, 0.3) is 0 Å². The molecule has 0 aliphatic heterocycles. The first kappa shape index (κ1) is 7.39. The van der Waals surface area contributed by atoms with Crippen molar-refractivity contribution in [2.45, 2.75) is 0 Å². The van der Waals surface area contributed by atoms with Gasteiger partial charge in [-0.15, -0.1) is 0 Å². The molecule has 0 amide bonds. The van der Waals surface area contributed by atoms with Crippen LogP contribution < -0.4 is 5.73 Å². The van der Waals surface area contributed by atoms with E-state index >= 15 is 0 Å². The van der Waals surface area contributed by atoms with Crippen molar-refractivity contribution in [2.24, 2.45) is 5.73 Å². The van der Waals surface area contributed by atoms with Gasteiger partial charge in [-0.1, -0.05) is 0 Å². The zero-order valence-electron chi connectivity index (χ0n) is 5.49. The first-order chi connectivity index (χ1) is 3.06. The SMILES string of the molecule is C[PH](C)(C)CCN. The summed E-state index contributed by atoms with van der Waals surface area (Å²) in [6.07, 6.45) is 1.26. The Morgan fingerprint density at radius 1 is 1.29 bits per heavy atom. The van der Waals surface area contributed by atoms with Crippen LogP contribution >= 0.6 is 7.26 Å². The second-order valence-corrected chi connectivity index (χ2v) is 8.72. The van der Waals surface area contributed by atoms with Crippen molar-refractivity contribution in [3.63, 3.8) is 0 Å². The summed E-state index contributed by atoms with van der Waals surface area (Å²) in [6.45, 7) is 7.87. The monoisotopic (exact) mass is 121 g/mol. The molecule has 0 heterocycles. The molecular formula is C5H16NP. The number of rotatable bonds is 2. The summed E-state index contributed by atoms with van der Waals surface area (Å²) in [5.41, 5.74) is 5.35. The molecule has 0 bridgehead atoms. The third kappa shape index (κ3) is 6.39. The second kappa shape index (κ2) is 2.64. The van der Waals surface area contributed by atoms with Gasteiger partial charge in [0.25, 0.3) is 0 Å². The van der Waals surface area contributed by atoms with E-state index in [2.05, 4.69) is 20.0 Å². The topological polar surface area (TPSA) is 26.0 Å². The summed E-state index contributed by atoms with van der Waals surface area (Å²) < 4.78 is 0. The van der Waals surface area contributed by atoms with Crippen LogP contribution in [-0.2, 0) is 0 Å². The first-order valence-corrected chi connectivity index (χ1v) is 6.47. The van der Waals surface area contributed by atoms with Gasteiger partial charge in [0.15, 0.2) is 0 Å². The molecule has 0 atom stereocenters. The van der Waals surface area contributed by atoms with Crippen molar-refractivity contribution in [3.05, 3.63) is 0 Å². The van der Waals surface area contributed by atoms with Gasteiger partial charge in [0, 0.05) is 0 Å². The molecule has 0 saturated carbocycles. The van der Waals surface area contributed by atoms with Gasteiger partial charge in [0.05, 0.1) is 0 Å². The van der Waals surface area contributed by atoms with Crippen LogP contribution in [0.3, 0.4) is 0 Å². The van der Waals surface area contributed by atoms with Crippen LogP contribution in [0.2, 0.25) is 0 Å². The molecular weight excluding hydrogens is 105 g/mol. The Labute approximate surface area is 46.6 Å². The molecule has 0 aromatic carbocycles. The fourth-order valence-corrected chi connectivity index (χ4v) is 1.30. The van der Waals surface area contributed by atoms with Crippen molar-refractivity contribution >= 4 is 7.26 Å². The van der Waals surface area contributed by atoms with Crippen LogP contribution in [0.5, 0.6) is 0 Å². The molecule has 0 saturated heterocycles. The van der Waals surface area contributed by atoms with Crippen molar-refractivity contribution in [2.75, 3.05) is 32.7 Å². The van der Waals surface area contributed by atoms with Crippen molar-refractivity contribution in [1.82, 2.24) is 0 Å². The van der Waals surface area contributed by atoms with Crippen molar-refractivity contribution in [1.29, 1.82) is 0 Å². The fraction of sp³-hybridized carbons (Fsp3) is 1.00. The minimum absolute atomic E-state index is 0.782. The molecule has 1 nitrogen and oxygen atoms in total. The van der Waals surface area contributed by atoms with E-state index in [1.54, 1.807) is 0 Å². The van der Waals surface area contributed by atoms with Gasteiger partial charge in [0.1, 0.15) is 0 Å². The Morgan fingerprint density at radius 3 is 1.71 bits per heavy atom. The van der Waals surface area contributed by atoms with Crippen LogP contribution in [-0.4, -0.2) is 32.7 Å². The maximum atomic E-state index is 5.35. The zero-order valence-corrected chi connectivity index (χ0v) is 6.49. The summed E-state index contributed by atoms with van der Waals surface area (Å²) in [4.78, 5) is 0. The average Bonchev–Trinajstić information content (AvgIpc) is 1.30. The number of hydrogen-bond acceptors (Lipinski definition) is 1. The summed E-state index contributed by atoms with van der Waals surface area (Å²) in [6, 6.07) is 0. The Bertz CT molecular complexity index is 46.5. The molecule has 2 N–H and O–H groups in total. The summed E-state index contributed by atoms with van der Waals surface area (Å²) in [7, 11) is -0.782. The molecule has 0 radical (unpaired) electrons. The second-order valence-electron chi connectivity index (χ2n) is 3.10. The van der Waals surface area contributed by atoms with Gasteiger partial charge in [0.2, 0.25) is 0 Å². The summed E-state index contributed by atoms with van der Waals surface area (Å²) in [5.74, 6) is 0. The quantitative estimate of drug-likeness (QED) is 0.531. The standard InChI is InChI=1S/C5H16NP/c1-7(2,3)5-4-6/h7H,4-6H2,1-3H3. The zero-order chi connectivity index (χ0) is 5.91. The van der Waals surface area contributed by atoms with E-state index in [0.717, 1.165) is 6.54 Å². The molecule has 0 rings (SSSR count). The minimum atomic E-state index is -0.782. The van der Waals surface area contributed by atoms with E-state index < -0.39 is 7.26 Å². The van der Waals surface area contributed by atoms with Crippen molar-refractivity contribution in [3.8, 4) is 0 Å². The molecule has 0 unspecified atom stereocenters. The predicted molar refractivity (Wildman–Crippen MR) is 40.0 cm³/mol. The van der Waals surface area contributed by atoms with Gasteiger partial charge in [-0.2, -0.15) is 0 Å². The predicted octanol–water partition coefficient (Wildman–Crippen LogP) is 0.584. The van der Waals surface area contributed by atoms with Gasteiger partial charge in [-0.3, -0.25) is 0 Å². The molecule has 46 valence electrons. The molecule has 0 aromatic heterocycles. The molecule has 2 heteroatoms. The van der Waals surface area contributed by atoms with E-state index in [1.807, 2.05) is 0 Å². The molecule has 7 heavy (non-hydrogen) atoms. The normalized spacial score (nSPS) is 14.3. The first-order valence-electron chi connectivity index (χ1n) is 2.76. The van der Waals surface area contributed by atoms with Gasteiger partial charge < -0.3 is 0 Å².